The van der Waals surface area contributed by atoms with Gasteiger partial charge in [-0.1, -0.05) is 17.3 Å². The Hall–Kier alpha value is -0.650. The van der Waals surface area contributed by atoms with Crippen molar-refractivity contribution in [3.05, 3.63) is 28.7 Å². The standard InChI is InChI=1S/C6H6ClN/c1-5-3-2-4-6(7)8-5/h2-3,8H,1H3. The van der Waals surface area contributed by atoms with Crippen LogP contribution in [0, 0.1) is 0 Å². The van der Waals surface area contributed by atoms with Crippen molar-refractivity contribution < 1.29 is 0 Å². The van der Waals surface area contributed by atoms with Crippen molar-refractivity contribution in [3.63, 3.8) is 0 Å². The van der Waals surface area contributed by atoms with Crippen molar-refractivity contribution in [1.82, 2.24) is 5.32 Å². The first kappa shape index (κ1) is 5.49. The van der Waals surface area contributed by atoms with E-state index in [2.05, 4.69) is 11.0 Å². The molecule has 0 unspecified atom stereocenters. The Kier molecular flexibility index (Phi) is 1.43. The summed E-state index contributed by atoms with van der Waals surface area (Å²) in [5.74, 6) is 0. The lowest BCUT2D eigenvalue weighted by Crippen LogP contribution is -2.06. The second kappa shape index (κ2) is 2.08. The van der Waals surface area contributed by atoms with Crippen molar-refractivity contribution in [2.24, 2.45) is 0 Å². The van der Waals surface area contributed by atoms with E-state index in [0.29, 0.717) is 5.16 Å². The lowest BCUT2D eigenvalue weighted by molar-refractivity contribution is 1.03. The third-order valence-electron chi connectivity index (χ3n) is 0.850. The number of nitrogens with one attached hydrogen (secondary N) is 1. The van der Waals surface area contributed by atoms with Crippen LogP contribution in [0.25, 0.3) is 0 Å². The number of rotatable bonds is 0. The van der Waals surface area contributed by atoms with Gasteiger partial charge in [-0.25, -0.2) is 0 Å². The molecule has 42 valence electrons. The predicted octanol–water partition coefficient (Wildman–Crippen LogP) is 1.73. The van der Waals surface area contributed by atoms with E-state index in [4.69, 9.17) is 11.6 Å². The summed E-state index contributed by atoms with van der Waals surface area (Å²) in [6.45, 7) is 1.94. The third kappa shape index (κ3) is 1.16. The smallest absolute Gasteiger partial charge is 0.150 e. The maximum absolute atomic E-state index is 5.53. The SMILES string of the molecule is CC1=CC=C=C(Cl)N1. The predicted molar refractivity (Wildman–Crippen MR) is 34.3 cm³/mol. The van der Waals surface area contributed by atoms with Gasteiger partial charge in [0.2, 0.25) is 0 Å². The van der Waals surface area contributed by atoms with E-state index in [-0.39, 0.29) is 0 Å². The zero-order chi connectivity index (χ0) is 5.98. The van der Waals surface area contributed by atoms with E-state index in [0.717, 1.165) is 5.70 Å². The van der Waals surface area contributed by atoms with Crippen LogP contribution in [0.15, 0.2) is 28.7 Å². The van der Waals surface area contributed by atoms with Crippen LogP contribution in [0.5, 0.6) is 0 Å². The molecule has 0 spiro atoms. The quantitative estimate of drug-likeness (QED) is 0.386. The maximum atomic E-state index is 5.53. The van der Waals surface area contributed by atoms with Gasteiger partial charge in [-0.05, 0) is 19.1 Å². The molecule has 0 amide bonds. The van der Waals surface area contributed by atoms with Crippen molar-refractivity contribution in [2.45, 2.75) is 6.92 Å². The van der Waals surface area contributed by atoms with Gasteiger partial charge in [-0.2, -0.15) is 0 Å². The summed E-state index contributed by atoms with van der Waals surface area (Å²) in [5, 5.41) is 3.44. The average Bonchev–Trinajstić information content (AvgIpc) is 1.64. The molecule has 8 heavy (non-hydrogen) atoms. The average molecular weight is 128 g/mol. The largest absolute Gasteiger partial charge is 0.343 e. The maximum Gasteiger partial charge on any atom is 0.150 e. The van der Waals surface area contributed by atoms with Crippen LogP contribution in [0.4, 0.5) is 0 Å². The van der Waals surface area contributed by atoms with Crippen LogP contribution in [0.2, 0.25) is 0 Å². The molecule has 1 aliphatic rings. The van der Waals surface area contributed by atoms with E-state index in [1.807, 2.05) is 13.0 Å². The fraction of sp³-hybridized carbons (Fsp3) is 0.167. The van der Waals surface area contributed by atoms with Gasteiger partial charge in [0.1, 0.15) is 5.16 Å². The van der Waals surface area contributed by atoms with Crippen LogP contribution in [-0.2, 0) is 0 Å². The Bertz CT molecular complexity index is 185. The molecule has 1 rings (SSSR count). The third-order valence-corrected chi connectivity index (χ3v) is 1.05. The van der Waals surface area contributed by atoms with Gasteiger partial charge in [0, 0.05) is 5.70 Å². The van der Waals surface area contributed by atoms with E-state index in [1.165, 1.54) is 0 Å². The number of halogens is 1. The molecule has 0 aromatic rings. The van der Waals surface area contributed by atoms with Crippen LogP contribution in [0.1, 0.15) is 6.92 Å². The first-order valence-electron chi connectivity index (χ1n) is 2.35. The van der Waals surface area contributed by atoms with E-state index in [9.17, 15) is 0 Å². The Balaban J connectivity index is 2.83. The lowest BCUT2D eigenvalue weighted by Gasteiger charge is -2.02. The van der Waals surface area contributed by atoms with Gasteiger partial charge >= 0.3 is 0 Å². The first-order valence-corrected chi connectivity index (χ1v) is 2.73. The van der Waals surface area contributed by atoms with Gasteiger partial charge < -0.3 is 5.32 Å². The summed E-state index contributed by atoms with van der Waals surface area (Å²) in [6.07, 6.45) is 3.69. The normalized spacial score (nSPS) is 16.8. The van der Waals surface area contributed by atoms with Gasteiger partial charge in [0.25, 0.3) is 0 Å². The summed E-state index contributed by atoms with van der Waals surface area (Å²) >= 11 is 5.53. The van der Waals surface area contributed by atoms with Gasteiger partial charge in [-0.3, -0.25) is 0 Å². The van der Waals surface area contributed by atoms with E-state index < -0.39 is 0 Å². The minimum absolute atomic E-state index is 0.560. The van der Waals surface area contributed by atoms with Crippen molar-refractivity contribution in [2.75, 3.05) is 0 Å². The molecule has 1 N–H and O–H groups in total. The van der Waals surface area contributed by atoms with E-state index >= 15 is 0 Å². The number of hydrogen-bond acceptors (Lipinski definition) is 1. The molecule has 0 bridgehead atoms. The van der Waals surface area contributed by atoms with Gasteiger partial charge in [0.15, 0.2) is 0 Å². The first-order chi connectivity index (χ1) is 3.79. The van der Waals surface area contributed by atoms with Crippen molar-refractivity contribution in [1.29, 1.82) is 0 Å². The Morgan fingerprint density at radius 2 is 2.50 bits per heavy atom. The molecule has 1 nitrogen and oxygen atoms in total. The topological polar surface area (TPSA) is 12.0 Å². The molecule has 0 radical (unpaired) electrons. The van der Waals surface area contributed by atoms with Crippen LogP contribution >= 0.6 is 11.6 Å². The van der Waals surface area contributed by atoms with Gasteiger partial charge in [0.05, 0.1) is 0 Å². The molecular weight excluding hydrogens is 122 g/mol. The minimum atomic E-state index is 0.560. The molecule has 1 heterocycles. The molecule has 2 heteroatoms. The summed E-state index contributed by atoms with van der Waals surface area (Å²) in [6, 6.07) is 0. The molecule has 0 saturated carbocycles. The number of hydrogen-bond donors (Lipinski definition) is 1. The zero-order valence-corrected chi connectivity index (χ0v) is 5.29. The highest BCUT2D eigenvalue weighted by molar-refractivity contribution is 6.29. The monoisotopic (exact) mass is 127 g/mol. The van der Waals surface area contributed by atoms with Crippen molar-refractivity contribution in [3.8, 4) is 0 Å². The van der Waals surface area contributed by atoms with Crippen molar-refractivity contribution >= 4 is 11.6 Å². The van der Waals surface area contributed by atoms with E-state index in [1.54, 1.807) is 6.08 Å². The minimum Gasteiger partial charge on any atom is -0.343 e. The summed E-state index contributed by atoms with van der Waals surface area (Å²) < 4.78 is 0. The highest BCUT2D eigenvalue weighted by atomic mass is 35.5. The molecule has 0 aromatic carbocycles. The lowest BCUT2D eigenvalue weighted by atomic mass is 10.4. The molecule has 0 saturated heterocycles. The highest BCUT2D eigenvalue weighted by Gasteiger charge is 1.91. The summed E-state index contributed by atoms with van der Waals surface area (Å²) in [4.78, 5) is 0. The Morgan fingerprint density at radius 3 is 2.88 bits per heavy atom. The van der Waals surface area contributed by atoms with Crippen LogP contribution < -0.4 is 5.32 Å². The Labute approximate surface area is 53.3 Å². The second-order valence-electron chi connectivity index (χ2n) is 1.60. The summed E-state index contributed by atoms with van der Waals surface area (Å²) in [7, 11) is 0. The second-order valence-corrected chi connectivity index (χ2v) is 1.98. The zero-order valence-electron chi connectivity index (χ0n) is 4.53. The fourth-order valence-electron chi connectivity index (χ4n) is 0.491. The fourth-order valence-corrected chi connectivity index (χ4v) is 0.703. The molecule has 1 aliphatic heterocycles. The van der Waals surface area contributed by atoms with Crippen LogP contribution in [0.3, 0.4) is 0 Å². The molecular formula is C6H6ClN. The molecule has 0 atom stereocenters. The highest BCUT2D eigenvalue weighted by Crippen LogP contribution is 2.02. The van der Waals surface area contributed by atoms with Gasteiger partial charge in [-0.15, -0.1) is 0 Å². The molecule has 0 fully saturated rings. The molecule has 0 aromatic heterocycles. The molecule has 0 aliphatic carbocycles. The van der Waals surface area contributed by atoms with Crippen LogP contribution in [-0.4, -0.2) is 0 Å². The number of allylic oxidation sites excluding steroid dienone is 3. The summed E-state index contributed by atoms with van der Waals surface area (Å²) in [5.41, 5.74) is 3.83. The Morgan fingerprint density at radius 1 is 1.75 bits per heavy atom.